The van der Waals surface area contributed by atoms with Gasteiger partial charge in [-0.05, 0) is 62.2 Å². The molecule has 1 N–H and O–H groups in total. The van der Waals surface area contributed by atoms with Gasteiger partial charge in [0.2, 0.25) is 11.8 Å². The van der Waals surface area contributed by atoms with Crippen molar-refractivity contribution >= 4 is 50.7 Å². The van der Waals surface area contributed by atoms with E-state index in [9.17, 15) is 22.4 Å². The van der Waals surface area contributed by atoms with Crippen molar-refractivity contribution in [3.63, 3.8) is 0 Å². The van der Waals surface area contributed by atoms with Gasteiger partial charge < -0.3 is 10.2 Å². The summed E-state index contributed by atoms with van der Waals surface area (Å²) in [6.07, 6.45) is 0.676. The van der Waals surface area contributed by atoms with Crippen LogP contribution in [-0.2, 0) is 26.2 Å². The number of carbonyl (C=O) groups excluding carboxylic acids is 2. The molecule has 3 aromatic carbocycles. The molecule has 0 heterocycles. The molecule has 0 fully saturated rings. The molecular formula is C28H30Cl2FN3O4S. The van der Waals surface area contributed by atoms with Gasteiger partial charge in [-0.2, -0.15) is 0 Å². The van der Waals surface area contributed by atoms with Gasteiger partial charge in [0.05, 0.1) is 20.6 Å². The predicted octanol–water partition coefficient (Wildman–Crippen LogP) is 5.66. The molecule has 0 aromatic heterocycles. The highest BCUT2D eigenvalue weighted by molar-refractivity contribution is 7.92. The number of nitrogens with one attached hydrogen (secondary N) is 1. The summed E-state index contributed by atoms with van der Waals surface area (Å²) in [7, 11) is -4.35. The van der Waals surface area contributed by atoms with Crippen molar-refractivity contribution in [2.75, 3.05) is 10.8 Å². The summed E-state index contributed by atoms with van der Waals surface area (Å²) in [5.74, 6) is -1.94. The fraction of sp³-hybridized carbons (Fsp3) is 0.286. The zero-order valence-electron chi connectivity index (χ0n) is 21.8. The lowest BCUT2D eigenvalue weighted by molar-refractivity contribution is -0.139. The van der Waals surface area contributed by atoms with Crippen LogP contribution in [0.1, 0.15) is 32.8 Å². The molecule has 3 aromatic rings. The molecule has 0 bridgehead atoms. The van der Waals surface area contributed by atoms with Crippen LogP contribution in [0.2, 0.25) is 10.0 Å². The van der Waals surface area contributed by atoms with Gasteiger partial charge in [0.15, 0.2) is 0 Å². The number of sulfonamides is 1. The van der Waals surface area contributed by atoms with Crippen LogP contribution in [0.15, 0.2) is 77.7 Å². The number of benzene rings is 3. The molecule has 39 heavy (non-hydrogen) atoms. The number of nitrogens with zero attached hydrogens (tertiary/aromatic N) is 2. The maximum absolute atomic E-state index is 14.9. The number of carbonyl (C=O) groups is 2. The Bertz CT molecular complexity index is 1420. The van der Waals surface area contributed by atoms with Gasteiger partial charge in [0, 0.05) is 12.6 Å². The fourth-order valence-electron chi connectivity index (χ4n) is 3.77. The largest absolute Gasteiger partial charge is 0.352 e. The fourth-order valence-corrected chi connectivity index (χ4v) is 5.53. The molecule has 11 heteroatoms. The average Bonchev–Trinajstić information content (AvgIpc) is 2.92. The van der Waals surface area contributed by atoms with Crippen LogP contribution in [0, 0.1) is 5.82 Å². The van der Waals surface area contributed by atoms with Crippen molar-refractivity contribution in [2.24, 2.45) is 0 Å². The van der Waals surface area contributed by atoms with E-state index in [4.69, 9.17) is 23.2 Å². The Morgan fingerprint density at radius 1 is 0.949 bits per heavy atom. The van der Waals surface area contributed by atoms with Gasteiger partial charge in [0.1, 0.15) is 18.4 Å². The van der Waals surface area contributed by atoms with E-state index in [2.05, 4.69) is 5.32 Å². The first kappa shape index (κ1) is 30.4. The molecule has 208 valence electrons. The Kier molecular flexibility index (Phi) is 10.4. The van der Waals surface area contributed by atoms with Crippen LogP contribution >= 0.6 is 23.2 Å². The third-order valence-corrected chi connectivity index (χ3v) is 8.75. The van der Waals surface area contributed by atoms with Crippen molar-refractivity contribution in [1.29, 1.82) is 0 Å². The second kappa shape index (κ2) is 13.3. The van der Waals surface area contributed by atoms with Gasteiger partial charge in [-0.1, -0.05) is 66.5 Å². The van der Waals surface area contributed by atoms with Crippen LogP contribution in [0.25, 0.3) is 0 Å². The second-order valence-electron chi connectivity index (χ2n) is 9.04. The Morgan fingerprint density at radius 3 is 2.21 bits per heavy atom. The number of rotatable bonds is 11. The minimum Gasteiger partial charge on any atom is -0.352 e. The summed E-state index contributed by atoms with van der Waals surface area (Å²) >= 11 is 12.2. The third-order valence-electron chi connectivity index (χ3n) is 6.24. The van der Waals surface area contributed by atoms with E-state index in [1.54, 1.807) is 31.2 Å². The van der Waals surface area contributed by atoms with Crippen molar-refractivity contribution in [3.8, 4) is 0 Å². The Hall–Kier alpha value is -3.14. The lowest BCUT2D eigenvalue weighted by atomic mass is 10.1. The molecular weight excluding hydrogens is 564 g/mol. The minimum atomic E-state index is -4.35. The summed E-state index contributed by atoms with van der Waals surface area (Å²) in [6.45, 7) is 4.48. The lowest BCUT2D eigenvalue weighted by Crippen LogP contribution is -2.52. The molecule has 0 unspecified atom stereocenters. The van der Waals surface area contributed by atoms with E-state index in [1.165, 1.54) is 47.4 Å². The zero-order chi connectivity index (χ0) is 28.7. The molecule has 0 aliphatic carbocycles. The van der Waals surface area contributed by atoms with E-state index in [-0.39, 0.29) is 28.2 Å². The SMILES string of the molecule is CC[C@H](C)NC(=O)[C@H](C)N(Cc1ccc(Cl)c(Cl)c1)C(=O)CN(c1ccccc1F)S(=O)(=O)c1ccccc1. The highest BCUT2D eigenvalue weighted by Crippen LogP contribution is 2.28. The zero-order valence-corrected chi connectivity index (χ0v) is 24.1. The highest BCUT2D eigenvalue weighted by atomic mass is 35.5. The molecule has 0 aliphatic heterocycles. The molecule has 0 saturated carbocycles. The quantitative estimate of drug-likeness (QED) is 0.311. The smallest absolute Gasteiger partial charge is 0.264 e. The number of hydrogen-bond acceptors (Lipinski definition) is 4. The van der Waals surface area contributed by atoms with Crippen LogP contribution < -0.4 is 9.62 Å². The van der Waals surface area contributed by atoms with Gasteiger partial charge in [-0.15, -0.1) is 0 Å². The first-order chi connectivity index (χ1) is 18.4. The number of hydrogen-bond donors (Lipinski definition) is 1. The average molecular weight is 595 g/mol. The monoisotopic (exact) mass is 593 g/mol. The second-order valence-corrected chi connectivity index (χ2v) is 11.7. The Labute approximate surface area is 238 Å². The maximum atomic E-state index is 14.9. The van der Waals surface area contributed by atoms with Gasteiger partial charge in [-0.25, -0.2) is 12.8 Å². The third kappa shape index (κ3) is 7.50. The van der Waals surface area contributed by atoms with Gasteiger partial charge >= 0.3 is 0 Å². The topological polar surface area (TPSA) is 86.8 Å². The normalized spacial score (nSPS) is 12.9. The molecule has 7 nitrogen and oxygen atoms in total. The van der Waals surface area contributed by atoms with Crippen molar-refractivity contribution in [3.05, 3.63) is 94.2 Å². The van der Waals surface area contributed by atoms with Crippen LogP contribution in [-0.4, -0.2) is 43.8 Å². The summed E-state index contributed by atoms with van der Waals surface area (Å²) in [5, 5.41) is 3.43. The summed E-state index contributed by atoms with van der Waals surface area (Å²) in [4.78, 5) is 28.0. The van der Waals surface area contributed by atoms with E-state index >= 15 is 0 Å². The molecule has 0 spiro atoms. The van der Waals surface area contributed by atoms with Crippen molar-refractivity contribution in [1.82, 2.24) is 10.2 Å². The van der Waals surface area contributed by atoms with Gasteiger partial charge in [-0.3, -0.25) is 13.9 Å². The molecule has 0 aliphatic rings. The van der Waals surface area contributed by atoms with E-state index in [1.807, 2.05) is 13.8 Å². The van der Waals surface area contributed by atoms with E-state index in [0.29, 0.717) is 17.0 Å². The molecule has 3 rings (SSSR count). The van der Waals surface area contributed by atoms with Crippen LogP contribution in [0.4, 0.5) is 10.1 Å². The number of halogens is 3. The van der Waals surface area contributed by atoms with E-state index < -0.39 is 40.2 Å². The first-order valence-corrected chi connectivity index (χ1v) is 14.5. The van der Waals surface area contributed by atoms with Crippen LogP contribution in [0.3, 0.4) is 0 Å². The predicted molar refractivity (Wildman–Crippen MR) is 152 cm³/mol. The Balaban J connectivity index is 2.04. The molecule has 2 amide bonds. The molecule has 2 atom stereocenters. The molecule has 0 saturated heterocycles. The Morgan fingerprint density at radius 2 is 1.59 bits per heavy atom. The van der Waals surface area contributed by atoms with Crippen molar-refractivity contribution in [2.45, 2.75) is 50.7 Å². The number of anilines is 1. The van der Waals surface area contributed by atoms with Crippen molar-refractivity contribution < 1.29 is 22.4 Å². The number of amides is 2. The molecule has 0 radical (unpaired) electrons. The summed E-state index contributed by atoms with van der Waals surface area (Å²) in [5.41, 5.74) is 0.283. The summed E-state index contributed by atoms with van der Waals surface area (Å²) < 4.78 is 42.9. The first-order valence-electron chi connectivity index (χ1n) is 12.3. The highest BCUT2D eigenvalue weighted by Gasteiger charge is 2.33. The lowest BCUT2D eigenvalue weighted by Gasteiger charge is -2.32. The summed E-state index contributed by atoms with van der Waals surface area (Å²) in [6, 6.07) is 16.4. The standard InChI is InChI=1S/C28H30Cl2FN3O4S/c1-4-19(2)32-28(36)20(3)33(17-21-14-15-23(29)24(30)16-21)27(35)18-34(26-13-9-8-12-25(26)31)39(37,38)22-10-6-5-7-11-22/h5-16,19-20H,4,17-18H2,1-3H3,(H,32,36)/t19-,20-/m0/s1. The van der Waals surface area contributed by atoms with E-state index in [0.717, 1.165) is 10.4 Å². The minimum absolute atomic E-state index is 0.0681. The van der Waals surface area contributed by atoms with Gasteiger partial charge in [0.25, 0.3) is 10.0 Å². The van der Waals surface area contributed by atoms with Crippen LogP contribution in [0.5, 0.6) is 0 Å². The maximum Gasteiger partial charge on any atom is 0.264 e. The number of para-hydroxylation sites is 1.